The van der Waals surface area contributed by atoms with Gasteiger partial charge in [-0.05, 0) is 6.92 Å². The molecule has 0 aliphatic rings. The van der Waals surface area contributed by atoms with E-state index in [1.807, 2.05) is 36.6 Å². The number of amides is 1. The Balaban J connectivity index is 2.18. The molecule has 0 bridgehead atoms. The van der Waals surface area contributed by atoms with Gasteiger partial charge in [-0.25, -0.2) is 9.78 Å². The van der Waals surface area contributed by atoms with Crippen LogP contribution in [0.5, 0.6) is 0 Å². The predicted octanol–water partition coefficient (Wildman–Crippen LogP) is 3.30. The van der Waals surface area contributed by atoms with Crippen molar-refractivity contribution in [3.05, 3.63) is 35.2 Å². The minimum atomic E-state index is -0.505. The van der Waals surface area contributed by atoms with E-state index >= 15 is 0 Å². The van der Waals surface area contributed by atoms with E-state index in [-0.39, 0.29) is 0 Å². The zero-order chi connectivity index (χ0) is 12.3. The van der Waals surface area contributed by atoms with Crippen molar-refractivity contribution in [3.63, 3.8) is 0 Å². The van der Waals surface area contributed by atoms with Crippen LogP contribution in [-0.2, 0) is 4.74 Å². The smallest absolute Gasteiger partial charge is 0.413 e. The molecule has 2 aromatic rings. The molecule has 0 aliphatic carbocycles. The molecule has 0 unspecified atom stereocenters. The van der Waals surface area contributed by atoms with Crippen molar-refractivity contribution in [2.75, 3.05) is 12.4 Å². The van der Waals surface area contributed by atoms with Crippen molar-refractivity contribution in [2.45, 2.75) is 6.92 Å². The van der Waals surface area contributed by atoms with Gasteiger partial charge in [-0.3, -0.25) is 5.32 Å². The highest BCUT2D eigenvalue weighted by Crippen LogP contribution is 2.25. The van der Waals surface area contributed by atoms with E-state index in [9.17, 15) is 4.79 Å². The van der Waals surface area contributed by atoms with Crippen molar-refractivity contribution >= 4 is 22.6 Å². The molecule has 0 spiro atoms. The van der Waals surface area contributed by atoms with Crippen LogP contribution in [0.3, 0.4) is 0 Å². The molecule has 0 radical (unpaired) electrons. The highest BCUT2D eigenvalue weighted by atomic mass is 32.1. The highest BCUT2D eigenvalue weighted by molar-refractivity contribution is 7.14. The largest absolute Gasteiger partial charge is 0.453 e. The molecule has 2 rings (SSSR count). The SMILES string of the molecule is COC(=O)Nc1nc(-c2ccc(C)cc2)cs1. The fourth-order valence-corrected chi connectivity index (χ4v) is 2.03. The topological polar surface area (TPSA) is 51.2 Å². The summed E-state index contributed by atoms with van der Waals surface area (Å²) in [5, 5.41) is 4.97. The van der Waals surface area contributed by atoms with Crippen LogP contribution in [0.2, 0.25) is 0 Å². The molecule has 88 valence electrons. The van der Waals surface area contributed by atoms with Crippen LogP contribution in [0, 0.1) is 6.92 Å². The second-order valence-corrected chi connectivity index (χ2v) is 4.38. The molecule has 1 amide bonds. The number of carbonyl (C=O) groups excluding carboxylic acids is 1. The fraction of sp³-hybridized carbons (Fsp3) is 0.167. The number of methoxy groups -OCH3 is 1. The Labute approximate surface area is 103 Å². The number of benzene rings is 1. The summed E-state index contributed by atoms with van der Waals surface area (Å²) in [6.07, 6.45) is -0.505. The van der Waals surface area contributed by atoms with E-state index in [1.165, 1.54) is 24.0 Å². The Morgan fingerprint density at radius 3 is 2.71 bits per heavy atom. The van der Waals surface area contributed by atoms with Crippen LogP contribution in [0.4, 0.5) is 9.93 Å². The van der Waals surface area contributed by atoms with Crippen LogP contribution in [-0.4, -0.2) is 18.2 Å². The summed E-state index contributed by atoms with van der Waals surface area (Å²) < 4.78 is 4.50. The molecule has 0 aliphatic heterocycles. The van der Waals surface area contributed by atoms with E-state index < -0.39 is 6.09 Å². The molecule has 0 fully saturated rings. The third-order valence-corrected chi connectivity index (χ3v) is 3.00. The predicted molar refractivity (Wildman–Crippen MR) is 68.3 cm³/mol. The summed E-state index contributed by atoms with van der Waals surface area (Å²) in [4.78, 5) is 15.3. The van der Waals surface area contributed by atoms with E-state index in [0.717, 1.165) is 11.3 Å². The molecule has 0 atom stereocenters. The van der Waals surface area contributed by atoms with Crippen molar-refractivity contribution < 1.29 is 9.53 Å². The van der Waals surface area contributed by atoms with Crippen molar-refractivity contribution in [1.82, 2.24) is 4.98 Å². The average Bonchev–Trinajstić information content (AvgIpc) is 2.78. The third-order valence-electron chi connectivity index (χ3n) is 2.25. The Morgan fingerprint density at radius 2 is 2.06 bits per heavy atom. The first kappa shape index (κ1) is 11.6. The number of thiazole rings is 1. The van der Waals surface area contributed by atoms with Gasteiger partial charge in [-0.15, -0.1) is 11.3 Å². The molecule has 1 aromatic heterocycles. The summed E-state index contributed by atoms with van der Waals surface area (Å²) in [6.45, 7) is 2.04. The van der Waals surface area contributed by atoms with Gasteiger partial charge < -0.3 is 4.74 Å². The number of nitrogens with zero attached hydrogens (tertiary/aromatic N) is 1. The second kappa shape index (κ2) is 4.97. The minimum absolute atomic E-state index is 0.505. The molecule has 0 saturated carbocycles. The van der Waals surface area contributed by atoms with Gasteiger partial charge in [-0.1, -0.05) is 29.8 Å². The molecule has 17 heavy (non-hydrogen) atoms. The van der Waals surface area contributed by atoms with Crippen LogP contribution < -0.4 is 5.32 Å². The standard InChI is InChI=1S/C12H12N2O2S/c1-8-3-5-9(6-4-8)10-7-17-11(13-10)14-12(15)16-2/h3-7H,1-2H3,(H,13,14,15). The molecule has 0 saturated heterocycles. The lowest BCUT2D eigenvalue weighted by Gasteiger charge is -1.98. The highest BCUT2D eigenvalue weighted by Gasteiger charge is 2.07. The summed E-state index contributed by atoms with van der Waals surface area (Å²) in [6, 6.07) is 8.07. The van der Waals surface area contributed by atoms with E-state index in [0.29, 0.717) is 5.13 Å². The number of hydrogen-bond acceptors (Lipinski definition) is 4. The van der Waals surface area contributed by atoms with Crippen LogP contribution >= 0.6 is 11.3 Å². The lowest BCUT2D eigenvalue weighted by Crippen LogP contribution is -2.10. The van der Waals surface area contributed by atoms with Crippen molar-refractivity contribution in [1.29, 1.82) is 0 Å². The Bertz CT molecular complexity index is 520. The van der Waals surface area contributed by atoms with Gasteiger partial charge in [0, 0.05) is 10.9 Å². The number of aryl methyl sites for hydroxylation is 1. The number of hydrogen-bond donors (Lipinski definition) is 1. The molecule has 1 heterocycles. The molecule has 1 N–H and O–H groups in total. The normalized spacial score (nSPS) is 10.0. The zero-order valence-corrected chi connectivity index (χ0v) is 10.4. The first-order chi connectivity index (χ1) is 8.19. The molecule has 5 heteroatoms. The van der Waals surface area contributed by atoms with Gasteiger partial charge in [0.05, 0.1) is 12.8 Å². The molecule has 1 aromatic carbocycles. The summed E-state index contributed by atoms with van der Waals surface area (Å²) in [7, 11) is 1.32. The summed E-state index contributed by atoms with van der Waals surface area (Å²) in [5.41, 5.74) is 3.09. The van der Waals surface area contributed by atoms with Gasteiger partial charge in [0.25, 0.3) is 0 Å². The number of anilines is 1. The number of nitrogens with one attached hydrogen (secondary N) is 1. The Kier molecular flexibility index (Phi) is 3.39. The number of ether oxygens (including phenoxy) is 1. The first-order valence-corrected chi connectivity index (χ1v) is 5.94. The summed E-state index contributed by atoms with van der Waals surface area (Å²) in [5.74, 6) is 0. The lowest BCUT2D eigenvalue weighted by molar-refractivity contribution is 0.187. The monoisotopic (exact) mass is 248 g/mol. The Hall–Kier alpha value is -1.88. The molecule has 4 nitrogen and oxygen atoms in total. The van der Waals surface area contributed by atoms with Crippen molar-refractivity contribution in [2.24, 2.45) is 0 Å². The number of carbonyl (C=O) groups is 1. The fourth-order valence-electron chi connectivity index (χ4n) is 1.33. The first-order valence-electron chi connectivity index (χ1n) is 5.06. The van der Waals surface area contributed by atoms with E-state index in [2.05, 4.69) is 15.0 Å². The quantitative estimate of drug-likeness (QED) is 0.887. The minimum Gasteiger partial charge on any atom is -0.453 e. The maximum Gasteiger partial charge on any atom is 0.413 e. The zero-order valence-electron chi connectivity index (χ0n) is 9.56. The van der Waals surface area contributed by atoms with Gasteiger partial charge in [0.1, 0.15) is 0 Å². The average molecular weight is 248 g/mol. The van der Waals surface area contributed by atoms with Gasteiger partial charge >= 0.3 is 6.09 Å². The number of aromatic nitrogens is 1. The van der Waals surface area contributed by atoms with Crippen LogP contribution in [0.25, 0.3) is 11.3 Å². The molecular weight excluding hydrogens is 236 g/mol. The second-order valence-electron chi connectivity index (χ2n) is 3.52. The van der Waals surface area contributed by atoms with E-state index in [4.69, 9.17) is 0 Å². The number of rotatable bonds is 2. The van der Waals surface area contributed by atoms with Gasteiger partial charge in [0.2, 0.25) is 0 Å². The van der Waals surface area contributed by atoms with Crippen LogP contribution in [0.15, 0.2) is 29.6 Å². The van der Waals surface area contributed by atoms with Gasteiger partial charge in [0.15, 0.2) is 5.13 Å². The molecular formula is C12H12N2O2S. The maximum absolute atomic E-state index is 11.0. The maximum atomic E-state index is 11.0. The van der Waals surface area contributed by atoms with Gasteiger partial charge in [-0.2, -0.15) is 0 Å². The summed E-state index contributed by atoms with van der Waals surface area (Å²) >= 11 is 1.37. The van der Waals surface area contributed by atoms with E-state index in [1.54, 1.807) is 0 Å². The van der Waals surface area contributed by atoms with Crippen LogP contribution in [0.1, 0.15) is 5.56 Å². The lowest BCUT2D eigenvalue weighted by atomic mass is 10.1. The Morgan fingerprint density at radius 1 is 1.35 bits per heavy atom. The third kappa shape index (κ3) is 2.82. The van der Waals surface area contributed by atoms with Crippen molar-refractivity contribution in [3.8, 4) is 11.3 Å².